The maximum Gasteiger partial charge on any atom is 0.260 e. The van der Waals surface area contributed by atoms with E-state index in [0.29, 0.717) is 36.1 Å². The third-order valence-electron chi connectivity index (χ3n) is 6.89. The van der Waals surface area contributed by atoms with Gasteiger partial charge >= 0.3 is 0 Å². The van der Waals surface area contributed by atoms with Crippen molar-refractivity contribution >= 4 is 55.0 Å². The SMILES string of the molecule is CCN(CC)CCN(C(=O)c1ccc(S(=O)(=O)N(CC)Cc2ccccc2)cc1)c1nc2cc(OC)ccc2s1.Cl. The number of rotatable bonds is 13. The number of hydrogen-bond acceptors (Lipinski definition) is 7. The number of nitrogens with zero attached hydrogens (tertiary/aromatic N) is 4. The number of carbonyl (C=O) groups is 1. The van der Waals surface area contributed by atoms with Crippen LogP contribution in [0.3, 0.4) is 0 Å². The summed E-state index contributed by atoms with van der Waals surface area (Å²) in [7, 11) is -2.13. The van der Waals surface area contributed by atoms with Crippen molar-refractivity contribution < 1.29 is 17.9 Å². The molecular formula is C30H37ClN4O4S2. The van der Waals surface area contributed by atoms with Crippen LogP contribution in [0.4, 0.5) is 5.13 Å². The highest BCUT2D eigenvalue weighted by Crippen LogP contribution is 2.32. The zero-order valence-corrected chi connectivity index (χ0v) is 26.3. The van der Waals surface area contributed by atoms with Crippen molar-refractivity contribution in [2.45, 2.75) is 32.2 Å². The van der Waals surface area contributed by atoms with Crippen molar-refractivity contribution in [3.8, 4) is 5.75 Å². The van der Waals surface area contributed by atoms with Crippen LogP contribution in [0.15, 0.2) is 77.7 Å². The molecule has 1 amide bonds. The number of benzene rings is 3. The average molecular weight is 617 g/mol. The predicted octanol–water partition coefficient (Wildman–Crippen LogP) is 5.93. The molecule has 8 nitrogen and oxygen atoms in total. The Labute approximate surface area is 253 Å². The van der Waals surface area contributed by atoms with Crippen LogP contribution < -0.4 is 9.64 Å². The maximum atomic E-state index is 13.8. The number of fused-ring (bicyclic) bond motifs is 1. The van der Waals surface area contributed by atoms with Crippen LogP contribution in [-0.4, -0.2) is 68.3 Å². The number of likely N-dealkylation sites (N-methyl/N-ethyl adjacent to an activating group) is 1. The van der Waals surface area contributed by atoms with Gasteiger partial charge in [0.2, 0.25) is 10.0 Å². The smallest absolute Gasteiger partial charge is 0.260 e. The molecule has 0 saturated carbocycles. The molecule has 0 fully saturated rings. The molecule has 0 aliphatic rings. The highest BCUT2D eigenvalue weighted by Gasteiger charge is 2.26. The first kappa shape index (κ1) is 32.5. The fourth-order valence-corrected chi connectivity index (χ4v) is 6.84. The van der Waals surface area contributed by atoms with E-state index in [9.17, 15) is 13.2 Å². The highest BCUT2D eigenvalue weighted by molar-refractivity contribution is 7.89. The number of thiazole rings is 1. The molecule has 3 aromatic carbocycles. The van der Waals surface area contributed by atoms with Crippen LogP contribution in [-0.2, 0) is 16.6 Å². The predicted molar refractivity (Wildman–Crippen MR) is 169 cm³/mol. The van der Waals surface area contributed by atoms with Crippen molar-refractivity contribution in [1.82, 2.24) is 14.2 Å². The van der Waals surface area contributed by atoms with E-state index in [4.69, 9.17) is 9.72 Å². The van der Waals surface area contributed by atoms with E-state index >= 15 is 0 Å². The first-order valence-corrected chi connectivity index (χ1v) is 15.7. The summed E-state index contributed by atoms with van der Waals surface area (Å²) in [5.74, 6) is 0.481. The van der Waals surface area contributed by atoms with Crippen LogP contribution in [0.2, 0.25) is 0 Å². The van der Waals surface area contributed by atoms with Gasteiger partial charge in [-0.25, -0.2) is 13.4 Å². The second-order valence-electron chi connectivity index (χ2n) is 9.25. The Morgan fingerprint density at radius 3 is 2.20 bits per heavy atom. The number of halogens is 1. The molecule has 0 atom stereocenters. The third-order valence-corrected chi connectivity index (χ3v) is 9.88. The lowest BCUT2D eigenvalue weighted by Gasteiger charge is -2.25. The van der Waals surface area contributed by atoms with Crippen LogP contribution >= 0.6 is 23.7 Å². The summed E-state index contributed by atoms with van der Waals surface area (Å²) in [5, 5.41) is 0.595. The zero-order valence-electron chi connectivity index (χ0n) is 23.8. The Bertz CT molecular complexity index is 1530. The normalized spacial score (nSPS) is 11.6. The lowest BCUT2D eigenvalue weighted by Crippen LogP contribution is -2.39. The van der Waals surface area contributed by atoms with Gasteiger partial charge in [0, 0.05) is 37.8 Å². The minimum atomic E-state index is -3.74. The van der Waals surface area contributed by atoms with Gasteiger partial charge in [0.25, 0.3) is 5.91 Å². The molecule has 1 heterocycles. The Balaban J connectivity index is 0.00000462. The summed E-state index contributed by atoms with van der Waals surface area (Å²) < 4.78 is 34.5. The molecule has 4 aromatic rings. The fraction of sp³-hybridized carbons (Fsp3) is 0.333. The van der Waals surface area contributed by atoms with Gasteiger partial charge < -0.3 is 9.64 Å². The number of anilines is 1. The number of ether oxygens (including phenoxy) is 1. The Hall–Kier alpha value is -3.02. The minimum absolute atomic E-state index is 0. The summed E-state index contributed by atoms with van der Waals surface area (Å²) in [4.78, 5) is 22.7. The van der Waals surface area contributed by atoms with Crippen molar-refractivity contribution in [2.75, 3.05) is 44.7 Å². The summed E-state index contributed by atoms with van der Waals surface area (Å²) in [5.41, 5.74) is 2.08. The quantitative estimate of drug-likeness (QED) is 0.185. The van der Waals surface area contributed by atoms with E-state index in [-0.39, 0.29) is 29.8 Å². The fourth-order valence-electron chi connectivity index (χ4n) is 4.43. The third kappa shape index (κ3) is 7.64. The Morgan fingerprint density at radius 2 is 1.59 bits per heavy atom. The van der Waals surface area contributed by atoms with Gasteiger partial charge in [-0.15, -0.1) is 12.4 Å². The molecule has 220 valence electrons. The summed E-state index contributed by atoms with van der Waals surface area (Å²) in [6, 6.07) is 21.4. The van der Waals surface area contributed by atoms with E-state index in [0.717, 1.165) is 28.9 Å². The average Bonchev–Trinajstić information content (AvgIpc) is 3.41. The molecule has 0 bridgehead atoms. The van der Waals surface area contributed by atoms with Gasteiger partial charge in [0.05, 0.1) is 22.2 Å². The first-order valence-electron chi connectivity index (χ1n) is 13.4. The van der Waals surface area contributed by atoms with Gasteiger partial charge in [-0.3, -0.25) is 9.69 Å². The molecular weight excluding hydrogens is 580 g/mol. The lowest BCUT2D eigenvalue weighted by molar-refractivity contribution is 0.0983. The van der Waals surface area contributed by atoms with Crippen LogP contribution in [0.25, 0.3) is 10.2 Å². The number of methoxy groups -OCH3 is 1. The lowest BCUT2D eigenvalue weighted by atomic mass is 10.2. The van der Waals surface area contributed by atoms with E-state index in [1.165, 1.54) is 27.8 Å². The van der Waals surface area contributed by atoms with Crippen molar-refractivity contribution in [2.24, 2.45) is 0 Å². The highest BCUT2D eigenvalue weighted by atomic mass is 35.5. The molecule has 0 spiro atoms. The largest absolute Gasteiger partial charge is 0.497 e. The molecule has 4 rings (SSSR count). The molecule has 0 saturated heterocycles. The Morgan fingerprint density at radius 1 is 0.902 bits per heavy atom. The zero-order chi connectivity index (χ0) is 28.7. The monoisotopic (exact) mass is 616 g/mol. The van der Waals surface area contributed by atoms with E-state index in [1.54, 1.807) is 24.1 Å². The summed E-state index contributed by atoms with van der Waals surface area (Å²) in [6.45, 7) is 9.51. The van der Waals surface area contributed by atoms with E-state index < -0.39 is 10.0 Å². The van der Waals surface area contributed by atoms with Gasteiger partial charge in [-0.2, -0.15) is 4.31 Å². The number of amides is 1. The number of aromatic nitrogens is 1. The number of sulfonamides is 1. The second-order valence-corrected chi connectivity index (χ2v) is 12.2. The number of hydrogen-bond donors (Lipinski definition) is 0. The molecule has 1 aromatic heterocycles. The van der Waals surface area contributed by atoms with E-state index in [2.05, 4.69) is 18.7 Å². The van der Waals surface area contributed by atoms with Crippen LogP contribution in [0.5, 0.6) is 5.75 Å². The standard InChI is InChI=1S/C30H36N4O4S2.ClH/c1-5-32(6-2)19-20-34(30-31-27-21-25(38-4)15-18-28(27)39-30)29(35)24-13-16-26(17-14-24)40(36,37)33(7-3)22-23-11-9-8-10-12-23;/h8-18,21H,5-7,19-20,22H2,1-4H3;1H. The molecule has 0 radical (unpaired) electrons. The molecule has 0 N–H and O–H groups in total. The molecule has 41 heavy (non-hydrogen) atoms. The van der Waals surface area contributed by atoms with Gasteiger partial charge in [0.15, 0.2) is 5.13 Å². The molecule has 0 aliphatic heterocycles. The number of carbonyl (C=O) groups excluding carboxylic acids is 1. The van der Waals surface area contributed by atoms with Crippen LogP contribution in [0, 0.1) is 0 Å². The Kier molecular flexibility index (Phi) is 11.7. The first-order chi connectivity index (χ1) is 19.3. The van der Waals surface area contributed by atoms with Crippen molar-refractivity contribution in [3.05, 3.63) is 83.9 Å². The van der Waals surface area contributed by atoms with Crippen molar-refractivity contribution in [3.63, 3.8) is 0 Å². The summed E-state index contributed by atoms with van der Waals surface area (Å²) >= 11 is 1.45. The van der Waals surface area contributed by atoms with Gasteiger partial charge in [-0.05, 0) is 55.1 Å². The second kappa shape index (κ2) is 14.7. The van der Waals surface area contributed by atoms with Crippen molar-refractivity contribution in [1.29, 1.82) is 0 Å². The van der Waals surface area contributed by atoms with E-state index in [1.807, 2.05) is 55.5 Å². The van der Waals surface area contributed by atoms with Gasteiger partial charge in [-0.1, -0.05) is 62.4 Å². The molecule has 0 unspecified atom stereocenters. The van der Waals surface area contributed by atoms with Gasteiger partial charge in [0.1, 0.15) is 5.75 Å². The molecule has 0 aliphatic carbocycles. The maximum absolute atomic E-state index is 13.8. The minimum Gasteiger partial charge on any atom is -0.497 e. The topological polar surface area (TPSA) is 83.1 Å². The molecule has 11 heteroatoms. The summed E-state index contributed by atoms with van der Waals surface area (Å²) in [6.07, 6.45) is 0. The van der Waals surface area contributed by atoms with Crippen LogP contribution in [0.1, 0.15) is 36.7 Å².